The van der Waals surface area contributed by atoms with Gasteiger partial charge in [0.2, 0.25) is 5.91 Å². The van der Waals surface area contributed by atoms with Gasteiger partial charge >= 0.3 is 0 Å². The number of aromatic amines is 1. The van der Waals surface area contributed by atoms with Crippen molar-refractivity contribution in [1.29, 1.82) is 0 Å². The van der Waals surface area contributed by atoms with Gasteiger partial charge in [0, 0.05) is 23.8 Å². The molecule has 1 heterocycles. The second kappa shape index (κ2) is 6.55. The molecule has 1 aromatic rings. The Morgan fingerprint density at radius 1 is 1.39 bits per heavy atom. The third-order valence-corrected chi connectivity index (χ3v) is 5.42. The van der Waals surface area contributed by atoms with Crippen LogP contribution in [0, 0.1) is 22.5 Å². The van der Waals surface area contributed by atoms with Crippen LogP contribution in [0.3, 0.4) is 0 Å². The molecule has 0 saturated heterocycles. The van der Waals surface area contributed by atoms with E-state index in [1.165, 1.54) is 0 Å². The number of hydrogen-bond acceptors (Lipinski definition) is 4. The molecule has 0 spiro atoms. The number of amides is 1. The summed E-state index contributed by atoms with van der Waals surface area (Å²) in [7, 11) is 0. The minimum atomic E-state index is -0.0441. The fourth-order valence-corrected chi connectivity index (χ4v) is 4.36. The smallest absolute Gasteiger partial charge is 0.223 e. The summed E-state index contributed by atoms with van der Waals surface area (Å²) in [4.78, 5) is 24.6. The lowest BCUT2D eigenvalue weighted by atomic mass is 9.67. The molecule has 2 fully saturated rings. The Hall–Kier alpha value is -1.50. The van der Waals surface area contributed by atoms with Gasteiger partial charge in [-0.2, -0.15) is 5.10 Å². The molecule has 126 valence electrons. The van der Waals surface area contributed by atoms with E-state index in [-0.39, 0.29) is 29.7 Å². The van der Waals surface area contributed by atoms with Gasteiger partial charge in [0.25, 0.3) is 0 Å². The van der Waals surface area contributed by atoms with Gasteiger partial charge < -0.3 is 9.88 Å². The largest absolute Gasteiger partial charge is 0.349 e. The lowest BCUT2D eigenvalue weighted by Gasteiger charge is -2.36. The number of ketones is 1. The average Bonchev–Trinajstić information content (AvgIpc) is 2.85. The summed E-state index contributed by atoms with van der Waals surface area (Å²) in [6.45, 7) is 4.43. The van der Waals surface area contributed by atoms with E-state index in [1.54, 1.807) is 0 Å². The van der Waals surface area contributed by atoms with Crippen LogP contribution in [0.25, 0.3) is 0 Å². The average molecular weight is 336 g/mol. The highest BCUT2D eigenvalue weighted by Gasteiger charge is 2.41. The van der Waals surface area contributed by atoms with Gasteiger partial charge in [-0.15, -0.1) is 0 Å². The van der Waals surface area contributed by atoms with Crippen molar-refractivity contribution in [2.45, 2.75) is 58.5 Å². The first-order valence-corrected chi connectivity index (χ1v) is 8.85. The van der Waals surface area contributed by atoms with Crippen LogP contribution in [0.5, 0.6) is 0 Å². The zero-order valence-corrected chi connectivity index (χ0v) is 14.5. The molecule has 2 saturated carbocycles. The molecule has 0 aliphatic heterocycles. The van der Waals surface area contributed by atoms with Gasteiger partial charge in [0.05, 0.1) is 6.54 Å². The molecule has 3 rings (SSSR count). The van der Waals surface area contributed by atoms with Crippen molar-refractivity contribution in [3.63, 3.8) is 0 Å². The van der Waals surface area contributed by atoms with Gasteiger partial charge in [0.15, 0.2) is 10.6 Å². The van der Waals surface area contributed by atoms with E-state index in [0.29, 0.717) is 29.9 Å². The second-order valence-corrected chi connectivity index (χ2v) is 7.41. The Bertz CT molecular complexity index is 647. The van der Waals surface area contributed by atoms with Crippen LogP contribution in [0.1, 0.15) is 57.8 Å². The van der Waals surface area contributed by atoms with E-state index >= 15 is 0 Å². The lowest BCUT2D eigenvalue weighted by Crippen LogP contribution is -2.42. The van der Waals surface area contributed by atoms with Gasteiger partial charge in [-0.25, -0.2) is 0 Å². The van der Waals surface area contributed by atoms with Crippen molar-refractivity contribution in [3.8, 4) is 0 Å². The molecule has 2 aliphatic carbocycles. The summed E-state index contributed by atoms with van der Waals surface area (Å²) < 4.78 is 2.48. The topological polar surface area (TPSA) is 79.8 Å². The standard InChI is InChI=1S/C16H24N4O2S/c1-9(2)20-13(18-19-16(20)23)8-17-15(22)12-6-10-4-3-5-11(7-12)14(10)21/h9-12H,3-8H2,1-2H3,(H,17,22)(H,19,23). The molecule has 2 aliphatic rings. The van der Waals surface area contributed by atoms with Crippen molar-refractivity contribution >= 4 is 23.9 Å². The summed E-state index contributed by atoms with van der Waals surface area (Å²) in [5.41, 5.74) is 0. The molecular weight excluding hydrogens is 312 g/mol. The van der Waals surface area contributed by atoms with Crippen LogP contribution in [0.2, 0.25) is 0 Å². The summed E-state index contributed by atoms with van der Waals surface area (Å²) in [5, 5.41) is 9.96. The molecule has 2 unspecified atom stereocenters. The van der Waals surface area contributed by atoms with E-state index in [2.05, 4.69) is 15.5 Å². The summed E-state index contributed by atoms with van der Waals surface area (Å²) in [5.74, 6) is 1.33. The normalized spacial score (nSPS) is 27.3. The number of aromatic nitrogens is 3. The van der Waals surface area contributed by atoms with Crippen LogP contribution < -0.4 is 5.32 Å². The Kier molecular flexibility index (Phi) is 4.66. The monoisotopic (exact) mass is 336 g/mol. The fourth-order valence-electron chi connectivity index (χ4n) is 4.00. The van der Waals surface area contributed by atoms with Gasteiger partial charge in [-0.1, -0.05) is 6.42 Å². The molecule has 1 aromatic heterocycles. The molecule has 7 heteroatoms. The predicted molar refractivity (Wildman–Crippen MR) is 88.2 cm³/mol. The van der Waals surface area contributed by atoms with E-state index in [9.17, 15) is 9.59 Å². The van der Waals surface area contributed by atoms with E-state index in [4.69, 9.17) is 12.2 Å². The Labute approximate surface area is 141 Å². The number of hydrogen-bond donors (Lipinski definition) is 2. The number of nitrogens with one attached hydrogen (secondary N) is 2. The number of nitrogens with zero attached hydrogens (tertiary/aromatic N) is 2. The van der Waals surface area contributed by atoms with Crippen molar-refractivity contribution in [2.75, 3.05) is 0 Å². The first kappa shape index (κ1) is 16.4. The molecule has 2 atom stereocenters. The van der Waals surface area contributed by atoms with Crippen molar-refractivity contribution < 1.29 is 9.59 Å². The molecule has 1 amide bonds. The lowest BCUT2D eigenvalue weighted by molar-refractivity contribution is -0.137. The maximum Gasteiger partial charge on any atom is 0.223 e. The summed E-state index contributed by atoms with van der Waals surface area (Å²) in [6.07, 6.45) is 4.44. The molecule has 2 bridgehead atoms. The third kappa shape index (κ3) is 3.24. The van der Waals surface area contributed by atoms with E-state index in [1.807, 2.05) is 18.4 Å². The van der Waals surface area contributed by atoms with Crippen LogP contribution in [-0.4, -0.2) is 26.5 Å². The van der Waals surface area contributed by atoms with Gasteiger partial charge in [-0.05, 0) is 51.7 Å². The number of fused-ring (bicyclic) bond motifs is 2. The fraction of sp³-hybridized carbons (Fsp3) is 0.750. The van der Waals surface area contributed by atoms with E-state index < -0.39 is 0 Å². The Balaban J connectivity index is 1.62. The molecular formula is C16H24N4O2S. The van der Waals surface area contributed by atoms with E-state index in [0.717, 1.165) is 25.1 Å². The second-order valence-electron chi connectivity index (χ2n) is 7.02. The van der Waals surface area contributed by atoms with Crippen molar-refractivity contribution in [1.82, 2.24) is 20.1 Å². The number of carbonyl (C=O) groups excluding carboxylic acids is 2. The Morgan fingerprint density at radius 3 is 2.65 bits per heavy atom. The third-order valence-electron chi connectivity index (χ3n) is 5.13. The SMILES string of the molecule is CC(C)n1c(CNC(=O)C2CC3CCCC(C2)C3=O)n[nH]c1=S. The van der Waals surface area contributed by atoms with Gasteiger partial charge in [-0.3, -0.25) is 14.7 Å². The number of carbonyl (C=O) groups is 2. The molecule has 0 aromatic carbocycles. The number of rotatable bonds is 4. The number of H-pyrrole nitrogens is 1. The highest BCUT2D eigenvalue weighted by Crippen LogP contribution is 2.40. The minimum Gasteiger partial charge on any atom is -0.349 e. The highest BCUT2D eigenvalue weighted by molar-refractivity contribution is 7.71. The first-order chi connectivity index (χ1) is 11.0. The van der Waals surface area contributed by atoms with Crippen LogP contribution in [0.4, 0.5) is 0 Å². The van der Waals surface area contributed by atoms with Crippen LogP contribution >= 0.6 is 12.2 Å². The molecule has 2 N–H and O–H groups in total. The minimum absolute atomic E-state index is 0.0404. The van der Waals surface area contributed by atoms with Crippen molar-refractivity contribution in [3.05, 3.63) is 10.6 Å². The first-order valence-electron chi connectivity index (χ1n) is 8.44. The van der Waals surface area contributed by atoms with Gasteiger partial charge in [0.1, 0.15) is 5.78 Å². The zero-order chi connectivity index (χ0) is 16.6. The van der Waals surface area contributed by atoms with Crippen LogP contribution in [0.15, 0.2) is 0 Å². The quantitative estimate of drug-likeness (QED) is 0.828. The molecule has 23 heavy (non-hydrogen) atoms. The van der Waals surface area contributed by atoms with Crippen LogP contribution in [-0.2, 0) is 16.1 Å². The maximum atomic E-state index is 12.5. The molecule has 0 radical (unpaired) electrons. The predicted octanol–water partition coefficient (Wildman–Crippen LogP) is 2.53. The number of Topliss-reactive ketones (excluding diaryl/α,β-unsaturated/α-hetero) is 1. The zero-order valence-electron chi connectivity index (χ0n) is 13.7. The molecule has 6 nitrogen and oxygen atoms in total. The maximum absolute atomic E-state index is 12.5. The Morgan fingerprint density at radius 2 is 2.04 bits per heavy atom. The summed E-state index contributed by atoms with van der Waals surface area (Å²) >= 11 is 5.22. The highest BCUT2D eigenvalue weighted by atomic mass is 32.1. The summed E-state index contributed by atoms with van der Waals surface area (Å²) in [6, 6.07) is 0.194. The van der Waals surface area contributed by atoms with Crippen molar-refractivity contribution in [2.24, 2.45) is 17.8 Å².